The van der Waals surface area contributed by atoms with Crippen LogP contribution in [0.15, 0.2) is 24.3 Å². The molecule has 164 valence electrons. The maximum Gasteiger partial charge on any atom is 0.243 e. The zero-order valence-electron chi connectivity index (χ0n) is 17.9. The summed E-state index contributed by atoms with van der Waals surface area (Å²) in [5.74, 6) is -0.922. The van der Waals surface area contributed by atoms with Crippen LogP contribution in [0.2, 0.25) is 0 Å². The summed E-state index contributed by atoms with van der Waals surface area (Å²) in [6.07, 6.45) is 5.71. The number of thioether (sulfide) groups is 1. The maximum atomic E-state index is 14.2. The monoisotopic (exact) mass is 434 g/mol. The summed E-state index contributed by atoms with van der Waals surface area (Å²) < 4.78 is 14.2. The van der Waals surface area contributed by atoms with Crippen molar-refractivity contribution in [1.82, 2.24) is 10.2 Å². The van der Waals surface area contributed by atoms with E-state index in [4.69, 9.17) is 0 Å². The van der Waals surface area contributed by atoms with Gasteiger partial charge < -0.3 is 5.32 Å². The van der Waals surface area contributed by atoms with Gasteiger partial charge in [0.25, 0.3) is 0 Å². The maximum absolute atomic E-state index is 14.2. The third-order valence-electron chi connectivity index (χ3n) is 6.39. The Kier molecular flexibility index (Phi) is 7.22. The minimum Gasteiger partial charge on any atom is -0.353 e. The average molecular weight is 435 g/mol. The average Bonchev–Trinajstić information content (AvgIpc) is 2.98. The minimum absolute atomic E-state index is 0.195. The summed E-state index contributed by atoms with van der Waals surface area (Å²) in [4.78, 5) is 40.4. The van der Waals surface area contributed by atoms with E-state index in [1.165, 1.54) is 11.0 Å². The number of imide groups is 1. The van der Waals surface area contributed by atoms with Gasteiger partial charge in [-0.2, -0.15) is 11.8 Å². The number of fused-ring (bicyclic) bond motifs is 1. The largest absolute Gasteiger partial charge is 0.353 e. The molecule has 0 radical (unpaired) electrons. The number of halogens is 1. The van der Waals surface area contributed by atoms with Crippen LogP contribution < -0.4 is 5.32 Å². The van der Waals surface area contributed by atoms with Gasteiger partial charge in [0, 0.05) is 12.0 Å². The standard InChI is InChI=1S/C23H31FN2O3S/c1-23(2,17-10-6-7-11-18(17)24)14-25-20(27)19(12-13-30-3)26-21(28)15-8-4-5-9-16(15)22(26)29/h6-7,10-11,15-16,19H,4-5,8-9,12-14H2,1-3H3,(H,25,27). The number of amides is 3. The van der Waals surface area contributed by atoms with Crippen LogP contribution in [0, 0.1) is 17.7 Å². The Morgan fingerprint density at radius 1 is 1.20 bits per heavy atom. The second-order valence-electron chi connectivity index (χ2n) is 8.92. The molecule has 2 aliphatic rings. The Bertz CT molecular complexity index is 789. The number of rotatable bonds is 8. The summed E-state index contributed by atoms with van der Waals surface area (Å²) in [7, 11) is 0. The molecule has 1 heterocycles. The Labute approximate surface area is 182 Å². The number of hydrogen-bond acceptors (Lipinski definition) is 4. The lowest BCUT2D eigenvalue weighted by atomic mass is 9.81. The van der Waals surface area contributed by atoms with Crippen molar-refractivity contribution in [1.29, 1.82) is 0 Å². The van der Waals surface area contributed by atoms with E-state index in [9.17, 15) is 18.8 Å². The fourth-order valence-corrected chi connectivity index (χ4v) is 5.09. The zero-order chi connectivity index (χ0) is 21.9. The Hall–Kier alpha value is -1.89. The molecule has 3 unspecified atom stereocenters. The van der Waals surface area contributed by atoms with Crippen LogP contribution in [-0.2, 0) is 19.8 Å². The van der Waals surface area contributed by atoms with E-state index in [1.54, 1.807) is 30.0 Å². The topological polar surface area (TPSA) is 66.5 Å². The number of benzene rings is 1. The van der Waals surface area contributed by atoms with Crippen molar-refractivity contribution in [3.63, 3.8) is 0 Å². The number of carbonyl (C=O) groups is 3. The predicted molar refractivity (Wildman–Crippen MR) is 117 cm³/mol. The molecule has 5 nitrogen and oxygen atoms in total. The van der Waals surface area contributed by atoms with Crippen LogP contribution in [0.1, 0.15) is 51.5 Å². The highest BCUT2D eigenvalue weighted by atomic mass is 32.2. The molecule has 1 saturated heterocycles. The van der Waals surface area contributed by atoms with Crippen LogP contribution in [0.4, 0.5) is 4.39 Å². The third kappa shape index (κ3) is 4.56. The summed E-state index contributed by atoms with van der Waals surface area (Å²) in [5.41, 5.74) is -0.108. The predicted octanol–water partition coefficient (Wildman–Crippen LogP) is 3.52. The first-order valence-electron chi connectivity index (χ1n) is 10.7. The molecule has 3 amide bonds. The van der Waals surface area contributed by atoms with Crippen LogP contribution in [0.25, 0.3) is 0 Å². The van der Waals surface area contributed by atoms with Gasteiger partial charge in [-0.25, -0.2) is 4.39 Å². The second kappa shape index (κ2) is 9.50. The lowest BCUT2D eigenvalue weighted by Crippen LogP contribution is -2.52. The van der Waals surface area contributed by atoms with Crippen molar-refractivity contribution < 1.29 is 18.8 Å². The van der Waals surface area contributed by atoms with Gasteiger partial charge in [0.15, 0.2) is 0 Å². The molecule has 0 bridgehead atoms. The Balaban J connectivity index is 1.75. The zero-order valence-corrected chi connectivity index (χ0v) is 18.8. The third-order valence-corrected chi connectivity index (χ3v) is 7.04. The molecule has 1 aliphatic heterocycles. The van der Waals surface area contributed by atoms with E-state index in [1.807, 2.05) is 20.1 Å². The highest BCUT2D eigenvalue weighted by Crippen LogP contribution is 2.39. The molecule has 30 heavy (non-hydrogen) atoms. The molecule has 1 aromatic rings. The molecule has 1 aromatic carbocycles. The van der Waals surface area contributed by atoms with Crippen LogP contribution in [0.3, 0.4) is 0 Å². The number of hydrogen-bond donors (Lipinski definition) is 1. The van der Waals surface area contributed by atoms with E-state index >= 15 is 0 Å². The Morgan fingerprint density at radius 2 is 1.80 bits per heavy atom. The van der Waals surface area contributed by atoms with Gasteiger partial charge in [0.2, 0.25) is 17.7 Å². The number of nitrogens with zero attached hydrogens (tertiary/aromatic N) is 1. The quantitative estimate of drug-likeness (QED) is 0.636. The van der Waals surface area contributed by atoms with Crippen molar-refractivity contribution in [2.24, 2.45) is 11.8 Å². The fraction of sp³-hybridized carbons (Fsp3) is 0.609. The van der Waals surface area contributed by atoms with Crippen molar-refractivity contribution in [2.75, 3.05) is 18.6 Å². The van der Waals surface area contributed by atoms with Crippen molar-refractivity contribution in [2.45, 2.75) is 57.4 Å². The highest BCUT2D eigenvalue weighted by Gasteiger charge is 2.51. The molecule has 7 heteroatoms. The molecule has 1 saturated carbocycles. The van der Waals surface area contributed by atoms with Gasteiger partial charge in [-0.3, -0.25) is 19.3 Å². The summed E-state index contributed by atoms with van der Waals surface area (Å²) in [5, 5.41) is 2.90. The summed E-state index contributed by atoms with van der Waals surface area (Å²) in [6.45, 7) is 3.94. The van der Waals surface area contributed by atoms with Crippen molar-refractivity contribution in [3.05, 3.63) is 35.6 Å². The van der Waals surface area contributed by atoms with E-state index < -0.39 is 11.5 Å². The number of likely N-dealkylation sites (tertiary alicyclic amines) is 1. The van der Waals surface area contributed by atoms with E-state index in [-0.39, 0.29) is 41.9 Å². The molecule has 3 atom stereocenters. The second-order valence-corrected chi connectivity index (χ2v) is 9.91. The van der Waals surface area contributed by atoms with Crippen molar-refractivity contribution in [3.8, 4) is 0 Å². The lowest BCUT2D eigenvalue weighted by Gasteiger charge is -2.30. The molecule has 1 aliphatic carbocycles. The highest BCUT2D eigenvalue weighted by molar-refractivity contribution is 7.98. The summed E-state index contributed by atoms with van der Waals surface area (Å²) >= 11 is 1.58. The van der Waals surface area contributed by atoms with E-state index in [0.29, 0.717) is 17.7 Å². The Morgan fingerprint density at radius 3 is 2.37 bits per heavy atom. The molecule has 3 rings (SSSR count). The molecular formula is C23H31FN2O3S. The first-order chi connectivity index (χ1) is 14.3. The first-order valence-corrected chi connectivity index (χ1v) is 12.1. The van der Waals surface area contributed by atoms with E-state index in [0.717, 1.165) is 25.7 Å². The van der Waals surface area contributed by atoms with Gasteiger partial charge in [-0.15, -0.1) is 0 Å². The van der Waals surface area contributed by atoms with Gasteiger partial charge in [0.05, 0.1) is 11.8 Å². The van der Waals surface area contributed by atoms with Gasteiger partial charge in [-0.05, 0) is 42.9 Å². The molecular weight excluding hydrogens is 403 g/mol. The normalized spacial score (nSPS) is 22.7. The van der Waals surface area contributed by atoms with Crippen molar-refractivity contribution >= 4 is 29.5 Å². The number of nitrogens with one attached hydrogen (secondary N) is 1. The van der Waals surface area contributed by atoms with Crippen LogP contribution >= 0.6 is 11.8 Å². The lowest BCUT2D eigenvalue weighted by molar-refractivity contribution is -0.148. The molecule has 2 fully saturated rings. The SMILES string of the molecule is CSCCC(C(=O)NCC(C)(C)c1ccccc1F)N1C(=O)C2CCCCC2C1=O. The van der Waals surface area contributed by atoms with Crippen LogP contribution in [0.5, 0.6) is 0 Å². The molecule has 1 N–H and O–H groups in total. The minimum atomic E-state index is -0.806. The molecule has 0 aromatic heterocycles. The fourth-order valence-electron chi connectivity index (χ4n) is 4.63. The summed E-state index contributed by atoms with van der Waals surface area (Å²) in [6, 6.07) is 5.72. The smallest absolute Gasteiger partial charge is 0.243 e. The number of carbonyl (C=O) groups excluding carboxylic acids is 3. The first kappa shape index (κ1) is 22.8. The van der Waals surface area contributed by atoms with Crippen LogP contribution in [-0.4, -0.2) is 47.2 Å². The van der Waals surface area contributed by atoms with Gasteiger partial charge in [0.1, 0.15) is 11.9 Å². The van der Waals surface area contributed by atoms with Gasteiger partial charge >= 0.3 is 0 Å². The van der Waals surface area contributed by atoms with Gasteiger partial charge in [-0.1, -0.05) is 44.9 Å². The molecule has 0 spiro atoms. The van der Waals surface area contributed by atoms with E-state index in [2.05, 4.69) is 5.32 Å².